The van der Waals surface area contributed by atoms with Crippen LogP contribution in [-0.2, 0) is 6.42 Å². The second-order valence-electron chi connectivity index (χ2n) is 8.81. The molecule has 2 N–H and O–H groups in total. The van der Waals surface area contributed by atoms with Crippen molar-refractivity contribution in [1.82, 2.24) is 15.3 Å². The van der Waals surface area contributed by atoms with E-state index in [0.717, 1.165) is 48.6 Å². The first-order chi connectivity index (χ1) is 15.2. The monoisotopic (exact) mass is 435 g/mol. The van der Waals surface area contributed by atoms with Crippen molar-refractivity contribution < 1.29 is 4.74 Å². The summed E-state index contributed by atoms with van der Waals surface area (Å²) in [5.74, 6) is 2.37. The number of nitrogens with zero attached hydrogens (tertiary/aromatic N) is 1. The Kier molecular flexibility index (Phi) is 5.77. The molecule has 4 aliphatic rings. The van der Waals surface area contributed by atoms with Crippen molar-refractivity contribution in [3.05, 3.63) is 69.8 Å². The molecule has 2 aromatic rings. The average Bonchev–Trinajstić information content (AvgIpc) is 3.37. The molecule has 5 heteroatoms. The molecule has 2 unspecified atom stereocenters. The lowest BCUT2D eigenvalue weighted by Gasteiger charge is -2.24. The van der Waals surface area contributed by atoms with Gasteiger partial charge in [-0.1, -0.05) is 44.0 Å². The van der Waals surface area contributed by atoms with Crippen LogP contribution in [0.2, 0.25) is 5.02 Å². The summed E-state index contributed by atoms with van der Waals surface area (Å²) in [6, 6.07) is 6.31. The van der Waals surface area contributed by atoms with Crippen molar-refractivity contribution in [3.63, 3.8) is 0 Å². The number of rotatable bonds is 1. The first-order valence-electron chi connectivity index (χ1n) is 11.6. The fraction of sp³-hybridized carbons (Fsp3) is 0.423. The molecule has 3 heterocycles. The van der Waals surface area contributed by atoms with Crippen LogP contribution >= 0.6 is 11.6 Å². The molecular weight excluding hydrogens is 406 g/mol. The van der Waals surface area contributed by atoms with Crippen molar-refractivity contribution in [3.8, 4) is 5.75 Å². The van der Waals surface area contributed by atoms with Crippen molar-refractivity contribution in [2.24, 2.45) is 5.92 Å². The van der Waals surface area contributed by atoms with Crippen LogP contribution in [0, 0.1) is 5.92 Å². The lowest BCUT2D eigenvalue weighted by atomic mass is 9.91. The quantitative estimate of drug-likeness (QED) is 0.555. The summed E-state index contributed by atoms with van der Waals surface area (Å²) in [5.41, 5.74) is 7.26. The number of benzene rings is 1. The Morgan fingerprint density at radius 3 is 2.87 bits per heavy atom. The molecule has 2 aliphatic carbocycles. The summed E-state index contributed by atoms with van der Waals surface area (Å²) in [4.78, 5) is 8.67. The van der Waals surface area contributed by atoms with Gasteiger partial charge in [-0.05, 0) is 79.1 Å². The molecule has 0 amide bonds. The Morgan fingerprint density at radius 2 is 2.06 bits per heavy atom. The van der Waals surface area contributed by atoms with Crippen molar-refractivity contribution in [2.75, 3.05) is 13.2 Å². The largest absolute Gasteiger partial charge is 0.488 e. The number of hydrogen-bond donors (Lipinski definition) is 2. The van der Waals surface area contributed by atoms with Crippen LogP contribution < -0.4 is 10.1 Å². The Morgan fingerprint density at radius 1 is 1.19 bits per heavy atom. The number of aryl methyl sites for hydroxylation is 1. The zero-order valence-electron chi connectivity index (χ0n) is 18.3. The van der Waals surface area contributed by atoms with E-state index in [1.165, 1.54) is 35.3 Å². The zero-order chi connectivity index (χ0) is 21.4. The number of hydrogen-bond acceptors (Lipinski definition) is 3. The molecule has 0 saturated carbocycles. The SMILES string of the molecule is CCC.Clc1ccc2c(c1)OCC1=CC3=CC(C=C12)CCc1[nH]c(C2CCCN2)nc13. The highest BCUT2D eigenvalue weighted by molar-refractivity contribution is 6.30. The van der Waals surface area contributed by atoms with Gasteiger partial charge in [0.2, 0.25) is 0 Å². The number of halogens is 1. The van der Waals surface area contributed by atoms with Gasteiger partial charge in [0.25, 0.3) is 0 Å². The third-order valence-corrected chi connectivity index (χ3v) is 6.49. The molecule has 6 rings (SSSR count). The molecule has 0 radical (unpaired) electrons. The number of aromatic nitrogens is 2. The van der Waals surface area contributed by atoms with Gasteiger partial charge < -0.3 is 15.0 Å². The highest BCUT2D eigenvalue weighted by atomic mass is 35.5. The predicted octanol–water partition coefficient (Wildman–Crippen LogP) is 6.27. The summed E-state index contributed by atoms with van der Waals surface area (Å²) in [5, 5.41) is 4.27. The maximum Gasteiger partial charge on any atom is 0.129 e. The topological polar surface area (TPSA) is 49.9 Å². The highest BCUT2D eigenvalue weighted by Crippen LogP contribution is 2.43. The lowest BCUT2D eigenvalue weighted by molar-refractivity contribution is 0.348. The smallest absolute Gasteiger partial charge is 0.129 e. The maximum atomic E-state index is 6.17. The molecular formula is C26H30ClN3O. The van der Waals surface area contributed by atoms with Crippen LogP contribution in [0.15, 0.2) is 42.0 Å². The van der Waals surface area contributed by atoms with Gasteiger partial charge in [-0.25, -0.2) is 4.98 Å². The number of ether oxygens (including phenoxy) is 1. The summed E-state index contributed by atoms with van der Waals surface area (Å²) in [6.45, 7) is 5.90. The summed E-state index contributed by atoms with van der Waals surface area (Å²) >= 11 is 6.17. The molecule has 1 fully saturated rings. The minimum Gasteiger partial charge on any atom is -0.488 e. The maximum absolute atomic E-state index is 6.17. The molecule has 2 bridgehead atoms. The molecule has 4 nitrogen and oxygen atoms in total. The van der Waals surface area contributed by atoms with Gasteiger partial charge >= 0.3 is 0 Å². The molecule has 1 saturated heterocycles. The van der Waals surface area contributed by atoms with Crippen molar-refractivity contribution in [2.45, 2.75) is 52.0 Å². The Labute approximate surface area is 189 Å². The van der Waals surface area contributed by atoms with E-state index < -0.39 is 0 Å². The first kappa shape index (κ1) is 20.6. The van der Waals surface area contributed by atoms with Crippen LogP contribution in [0.25, 0.3) is 11.1 Å². The highest BCUT2D eigenvalue weighted by Gasteiger charge is 2.29. The van der Waals surface area contributed by atoms with Gasteiger partial charge in [0.05, 0.1) is 11.7 Å². The van der Waals surface area contributed by atoms with E-state index in [-0.39, 0.29) is 0 Å². The zero-order valence-corrected chi connectivity index (χ0v) is 19.1. The lowest BCUT2D eigenvalue weighted by Crippen LogP contribution is -2.14. The molecule has 1 aromatic heterocycles. The number of allylic oxidation sites excluding steroid dienone is 4. The molecule has 2 aliphatic heterocycles. The number of nitrogens with one attached hydrogen (secondary N) is 2. The minimum absolute atomic E-state index is 0.366. The standard InChI is InChI=1S/C23H22ClN3O.C3H8/c24-16-4-5-17-18-9-13-3-6-19-22(27-23(26-19)20-2-1-7-25-20)14(8-13)10-15(18)12-28-21(17)11-16;1-3-2/h4-5,8-11,13,20,25H,1-3,6-7,12H2,(H,26,27);3H2,1-2H3. The Hall–Kier alpha value is -2.30. The van der Waals surface area contributed by atoms with Gasteiger partial charge in [0.1, 0.15) is 18.2 Å². The number of fused-ring (bicyclic) bond motifs is 6. The third-order valence-electron chi connectivity index (χ3n) is 6.26. The number of H-pyrrole nitrogens is 1. The Balaban J connectivity index is 0.000000646. The summed E-state index contributed by atoms with van der Waals surface area (Å²) < 4.78 is 6.02. The van der Waals surface area contributed by atoms with Gasteiger partial charge in [-0.3, -0.25) is 0 Å². The average molecular weight is 436 g/mol. The van der Waals surface area contributed by atoms with Crippen LogP contribution in [0.4, 0.5) is 0 Å². The minimum atomic E-state index is 0.366. The first-order valence-corrected chi connectivity index (χ1v) is 11.9. The molecule has 0 spiro atoms. The molecule has 1 aromatic carbocycles. The van der Waals surface area contributed by atoms with E-state index in [2.05, 4.69) is 48.4 Å². The van der Waals surface area contributed by atoms with Gasteiger partial charge in [-0.2, -0.15) is 0 Å². The van der Waals surface area contributed by atoms with Crippen molar-refractivity contribution in [1.29, 1.82) is 0 Å². The number of imidazole rings is 1. The van der Waals surface area contributed by atoms with E-state index in [9.17, 15) is 0 Å². The van der Waals surface area contributed by atoms with E-state index in [1.54, 1.807) is 0 Å². The predicted molar refractivity (Wildman–Crippen MR) is 127 cm³/mol. The van der Waals surface area contributed by atoms with Gasteiger partial charge in [-0.15, -0.1) is 0 Å². The van der Waals surface area contributed by atoms with Gasteiger partial charge in [0.15, 0.2) is 0 Å². The van der Waals surface area contributed by atoms with Crippen LogP contribution in [0.3, 0.4) is 0 Å². The third kappa shape index (κ3) is 3.99. The second kappa shape index (κ2) is 8.68. The van der Waals surface area contributed by atoms with Crippen molar-refractivity contribution >= 4 is 22.7 Å². The second-order valence-corrected chi connectivity index (χ2v) is 9.25. The van der Waals surface area contributed by atoms with Crippen LogP contribution in [0.5, 0.6) is 5.75 Å². The fourth-order valence-electron chi connectivity index (χ4n) is 4.85. The van der Waals surface area contributed by atoms with E-state index >= 15 is 0 Å². The van der Waals surface area contributed by atoms with E-state index in [1.807, 2.05) is 12.1 Å². The van der Waals surface area contributed by atoms with E-state index in [0.29, 0.717) is 23.6 Å². The molecule has 162 valence electrons. The molecule has 2 atom stereocenters. The van der Waals surface area contributed by atoms with E-state index in [4.69, 9.17) is 21.3 Å². The number of aromatic amines is 1. The summed E-state index contributed by atoms with van der Waals surface area (Å²) in [7, 11) is 0. The molecule has 31 heavy (non-hydrogen) atoms. The summed E-state index contributed by atoms with van der Waals surface area (Å²) in [6.07, 6.45) is 12.8. The normalized spacial score (nSPS) is 23.4. The fourth-order valence-corrected chi connectivity index (χ4v) is 5.01. The van der Waals surface area contributed by atoms with Crippen LogP contribution in [-0.4, -0.2) is 23.1 Å². The Bertz CT molecular complexity index is 1070. The van der Waals surface area contributed by atoms with Crippen LogP contribution in [0.1, 0.15) is 68.3 Å². The van der Waals surface area contributed by atoms with Gasteiger partial charge in [0, 0.05) is 16.3 Å².